The molecular formula is C16H22O3. The standard InChI is InChI=1S/C16H22O3/c1-18-15-10-6-5-9-14(15)13-8-4-3-7-12(13)11-16(17)19-2/h5-6,9-10,12-13H,3-4,7-8,11H2,1-2H3. The highest BCUT2D eigenvalue weighted by atomic mass is 16.5. The first kappa shape index (κ1) is 13.9. The van der Waals surface area contributed by atoms with E-state index in [1.165, 1.54) is 25.5 Å². The Hall–Kier alpha value is -1.51. The van der Waals surface area contributed by atoms with Crippen LogP contribution < -0.4 is 4.74 Å². The molecule has 3 heteroatoms. The molecule has 2 rings (SSSR count). The minimum atomic E-state index is -0.105. The fourth-order valence-electron chi connectivity index (χ4n) is 3.13. The minimum Gasteiger partial charge on any atom is -0.496 e. The Balaban J connectivity index is 2.21. The molecular weight excluding hydrogens is 240 g/mol. The summed E-state index contributed by atoms with van der Waals surface area (Å²) in [6.07, 6.45) is 5.16. The molecule has 0 spiro atoms. The Morgan fingerprint density at radius 2 is 1.95 bits per heavy atom. The fraction of sp³-hybridized carbons (Fsp3) is 0.562. The number of para-hydroxylation sites is 1. The molecule has 1 fully saturated rings. The van der Waals surface area contributed by atoms with Crippen LogP contribution in [-0.4, -0.2) is 20.2 Å². The average Bonchev–Trinajstić information content (AvgIpc) is 2.47. The number of hydrogen-bond acceptors (Lipinski definition) is 3. The van der Waals surface area contributed by atoms with Crippen molar-refractivity contribution in [3.05, 3.63) is 29.8 Å². The van der Waals surface area contributed by atoms with Gasteiger partial charge in [0.05, 0.1) is 14.2 Å². The van der Waals surface area contributed by atoms with Crippen LogP contribution in [0.3, 0.4) is 0 Å². The third kappa shape index (κ3) is 3.28. The molecule has 1 aliphatic rings. The second kappa shape index (κ2) is 6.60. The van der Waals surface area contributed by atoms with Gasteiger partial charge in [-0.1, -0.05) is 31.0 Å². The van der Waals surface area contributed by atoms with Gasteiger partial charge < -0.3 is 9.47 Å². The summed E-state index contributed by atoms with van der Waals surface area (Å²) >= 11 is 0. The van der Waals surface area contributed by atoms with Crippen molar-refractivity contribution in [2.75, 3.05) is 14.2 Å². The third-order valence-electron chi connectivity index (χ3n) is 4.10. The number of hydrogen-bond donors (Lipinski definition) is 0. The van der Waals surface area contributed by atoms with Gasteiger partial charge in [-0.2, -0.15) is 0 Å². The van der Waals surface area contributed by atoms with E-state index in [0.717, 1.165) is 18.6 Å². The van der Waals surface area contributed by atoms with Gasteiger partial charge in [-0.15, -0.1) is 0 Å². The maximum Gasteiger partial charge on any atom is 0.305 e. The predicted molar refractivity (Wildman–Crippen MR) is 74.3 cm³/mol. The summed E-state index contributed by atoms with van der Waals surface area (Å²) in [6.45, 7) is 0. The summed E-state index contributed by atoms with van der Waals surface area (Å²) in [5.74, 6) is 1.61. The van der Waals surface area contributed by atoms with Crippen LogP contribution in [0.2, 0.25) is 0 Å². The van der Waals surface area contributed by atoms with Crippen LogP contribution in [0.25, 0.3) is 0 Å². The van der Waals surface area contributed by atoms with Crippen molar-refractivity contribution in [1.82, 2.24) is 0 Å². The van der Waals surface area contributed by atoms with Gasteiger partial charge in [-0.05, 0) is 36.3 Å². The zero-order valence-corrected chi connectivity index (χ0v) is 11.7. The lowest BCUT2D eigenvalue weighted by Crippen LogP contribution is -2.22. The van der Waals surface area contributed by atoms with Crippen LogP contribution in [0.15, 0.2) is 24.3 Å². The monoisotopic (exact) mass is 262 g/mol. The molecule has 0 aromatic heterocycles. The smallest absolute Gasteiger partial charge is 0.305 e. The summed E-state index contributed by atoms with van der Waals surface area (Å²) in [6, 6.07) is 8.15. The zero-order valence-electron chi connectivity index (χ0n) is 11.7. The van der Waals surface area contributed by atoms with Crippen LogP contribution in [0.5, 0.6) is 5.75 Å². The first-order chi connectivity index (χ1) is 9.26. The summed E-state index contributed by atoms with van der Waals surface area (Å²) in [7, 11) is 3.17. The fourth-order valence-corrected chi connectivity index (χ4v) is 3.13. The maximum atomic E-state index is 11.6. The van der Waals surface area contributed by atoms with Crippen LogP contribution in [-0.2, 0) is 9.53 Å². The number of benzene rings is 1. The van der Waals surface area contributed by atoms with E-state index < -0.39 is 0 Å². The highest BCUT2D eigenvalue weighted by molar-refractivity contribution is 5.69. The number of carbonyl (C=O) groups is 1. The topological polar surface area (TPSA) is 35.5 Å². The summed E-state index contributed by atoms with van der Waals surface area (Å²) in [5, 5.41) is 0. The molecule has 0 aliphatic heterocycles. The van der Waals surface area contributed by atoms with E-state index >= 15 is 0 Å². The minimum absolute atomic E-state index is 0.105. The molecule has 0 heterocycles. The molecule has 0 N–H and O–H groups in total. The van der Waals surface area contributed by atoms with Crippen LogP contribution in [0.4, 0.5) is 0 Å². The molecule has 19 heavy (non-hydrogen) atoms. The van der Waals surface area contributed by atoms with E-state index in [0.29, 0.717) is 18.3 Å². The number of methoxy groups -OCH3 is 2. The van der Waals surface area contributed by atoms with E-state index in [1.54, 1.807) is 7.11 Å². The van der Waals surface area contributed by atoms with Gasteiger partial charge >= 0.3 is 5.97 Å². The Morgan fingerprint density at radius 3 is 2.68 bits per heavy atom. The largest absolute Gasteiger partial charge is 0.496 e. The Labute approximate surface area is 114 Å². The van der Waals surface area contributed by atoms with Crippen molar-refractivity contribution in [3.63, 3.8) is 0 Å². The van der Waals surface area contributed by atoms with Crippen LogP contribution >= 0.6 is 0 Å². The number of carbonyl (C=O) groups excluding carboxylic acids is 1. The summed E-state index contributed by atoms with van der Waals surface area (Å²) in [4.78, 5) is 11.6. The van der Waals surface area contributed by atoms with Gasteiger partial charge in [0, 0.05) is 6.42 Å². The molecule has 2 atom stereocenters. The molecule has 0 bridgehead atoms. The van der Waals surface area contributed by atoms with Gasteiger partial charge in [-0.25, -0.2) is 0 Å². The van der Waals surface area contributed by atoms with Crippen molar-refractivity contribution < 1.29 is 14.3 Å². The lowest BCUT2D eigenvalue weighted by molar-refractivity contribution is -0.142. The van der Waals surface area contributed by atoms with Gasteiger partial charge in [-0.3, -0.25) is 4.79 Å². The lowest BCUT2D eigenvalue weighted by Gasteiger charge is -2.32. The quantitative estimate of drug-likeness (QED) is 0.779. The normalized spacial score (nSPS) is 22.8. The first-order valence-electron chi connectivity index (χ1n) is 6.96. The van der Waals surface area contributed by atoms with E-state index in [4.69, 9.17) is 9.47 Å². The molecule has 0 saturated heterocycles. The van der Waals surface area contributed by atoms with Crippen molar-refractivity contribution in [2.24, 2.45) is 5.92 Å². The lowest BCUT2D eigenvalue weighted by atomic mass is 9.74. The number of esters is 1. The molecule has 0 radical (unpaired) electrons. The van der Waals surface area contributed by atoms with E-state index in [-0.39, 0.29) is 5.97 Å². The van der Waals surface area contributed by atoms with Crippen molar-refractivity contribution >= 4 is 5.97 Å². The van der Waals surface area contributed by atoms with E-state index in [2.05, 4.69) is 6.07 Å². The Kier molecular flexibility index (Phi) is 4.83. The molecule has 1 saturated carbocycles. The molecule has 3 nitrogen and oxygen atoms in total. The van der Waals surface area contributed by atoms with Gasteiger partial charge in [0.1, 0.15) is 5.75 Å². The SMILES string of the molecule is COC(=O)CC1CCCCC1c1ccccc1OC. The second-order valence-corrected chi connectivity index (χ2v) is 5.17. The number of rotatable bonds is 4. The molecule has 2 unspecified atom stereocenters. The molecule has 104 valence electrons. The Morgan fingerprint density at radius 1 is 1.21 bits per heavy atom. The molecule has 0 amide bonds. The predicted octanol–water partition coefficient (Wildman–Crippen LogP) is 3.53. The van der Waals surface area contributed by atoms with Gasteiger partial charge in [0.15, 0.2) is 0 Å². The maximum absolute atomic E-state index is 11.6. The van der Waals surface area contributed by atoms with Crippen molar-refractivity contribution in [3.8, 4) is 5.75 Å². The molecule has 1 aromatic rings. The molecule has 1 aliphatic carbocycles. The highest BCUT2D eigenvalue weighted by Gasteiger charge is 2.30. The van der Waals surface area contributed by atoms with Gasteiger partial charge in [0.2, 0.25) is 0 Å². The first-order valence-corrected chi connectivity index (χ1v) is 6.96. The zero-order chi connectivity index (χ0) is 13.7. The summed E-state index contributed by atoms with van der Waals surface area (Å²) < 4.78 is 10.3. The average molecular weight is 262 g/mol. The van der Waals surface area contributed by atoms with Crippen molar-refractivity contribution in [2.45, 2.75) is 38.0 Å². The second-order valence-electron chi connectivity index (χ2n) is 5.17. The van der Waals surface area contributed by atoms with Crippen LogP contribution in [0.1, 0.15) is 43.6 Å². The summed E-state index contributed by atoms with van der Waals surface area (Å²) in [5.41, 5.74) is 1.23. The van der Waals surface area contributed by atoms with E-state index in [9.17, 15) is 4.79 Å². The Bertz CT molecular complexity index is 428. The van der Waals surface area contributed by atoms with Crippen molar-refractivity contribution in [1.29, 1.82) is 0 Å². The van der Waals surface area contributed by atoms with Crippen LogP contribution in [0, 0.1) is 5.92 Å². The third-order valence-corrected chi connectivity index (χ3v) is 4.10. The molecule has 1 aromatic carbocycles. The number of ether oxygens (including phenoxy) is 2. The van der Waals surface area contributed by atoms with E-state index in [1.807, 2.05) is 18.2 Å². The van der Waals surface area contributed by atoms with Gasteiger partial charge in [0.25, 0.3) is 0 Å². The highest BCUT2D eigenvalue weighted by Crippen LogP contribution is 2.42.